The minimum absolute atomic E-state index is 0.236. The van der Waals surface area contributed by atoms with Gasteiger partial charge in [-0.05, 0) is 62.4 Å². The van der Waals surface area contributed by atoms with Gasteiger partial charge >= 0.3 is 0 Å². The Morgan fingerprint density at radius 1 is 1.00 bits per heavy atom. The maximum atomic E-state index is 12.6. The average molecular weight is 438 g/mol. The van der Waals surface area contributed by atoms with E-state index in [1.807, 2.05) is 0 Å². The molecule has 0 saturated carbocycles. The molecule has 1 aromatic heterocycles. The molecule has 0 unspecified atom stereocenters. The predicted molar refractivity (Wildman–Crippen MR) is 110 cm³/mol. The molecule has 1 heterocycles. The van der Waals surface area contributed by atoms with Crippen LogP contribution in [0.3, 0.4) is 0 Å². The van der Waals surface area contributed by atoms with Crippen LogP contribution in [0.4, 0.5) is 5.13 Å². The van der Waals surface area contributed by atoms with Gasteiger partial charge in [-0.2, -0.15) is 0 Å². The summed E-state index contributed by atoms with van der Waals surface area (Å²) in [7, 11) is 0. The summed E-state index contributed by atoms with van der Waals surface area (Å²) in [5.74, 6) is 0.866. The first kappa shape index (κ1) is 20.4. The van der Waals surface area contributed by atoms with Crippen molar-refractivity contribution in [3.63, 3.8) is 0 Å². The zero-order valence-corrected chi connectivity index (χ0v) is 17.4. The number of hydrogen-bond acceptors (Lipinski definition) is 6. The van der Waals surface area contributed by atoms with Gasteiger partial charge in [0.15, 0.2) is 10.6 Å². The molecule has 1 amide bonds. The number of rotatable bonds is 7. The molecule has 0 aliphatic carbocycles. The number of carbonyl (C=O) groups is 1. The van der Waals surface area contributed by atoms with E-state index in [0.717, 1.165) is 0 Å². The Kier molecular flexibility index (Phi) is 6.39. The third kappa shape index (κ3) is 5.58. The van der Waals surface area contributed by atoms with Crippen LogP contribution in [0.5, 0.6) is 11.5 Å². The van der Waals surface area contributed by atoms with Crippen molar-refractivity contribution in [2.45, 2.75) is 26.1 Å². The van der Waals surface area contributed by atoms with Crippen LogP contribution in [0, 0.1) is 0 Å². The third-order valence-electron chi connectivity index (χ3n) is 3.60. The Bertz CT molecular complexity index is 944. The summed E-state index contributed by atoms with van der Waals surface area (Å²) < 4.78 is 11.4. The van der Waals surface area contributed by atoms with Gasteiger partial charge in [0, 0.05) is 10.0 Å². The molecule has 3 aromatic rings. The first-order valence-corrected chi connectivity index (χ1v) is 9.86. The summed E-state index contributed by atoms with van der Waals surface area (Å²) in [4.78, 5) is 12.6. The number of halogens is 2. The molecule has 0 spiro atoms. The maximum Gasteiger partial charge on any atom is 0.269 e. The van der Waals surface area contributed by atoms with Crippen molar-refractivity contribution in [1.82, 2.24) is 10.2 Å². The average Bonchev–Trinajstić information content (AvgIpc) is 3.10. The second kappa shape index (κ2) is 8.77. The number of anilines is 1. The van der Waals surface area contributed by atoms with Gasteiger partial charge in [-0.25, -0.2) is 0 Å². The first-order chi connectivity index (χ1) is 13.3. The monoisotopic (exact) mass is 437 g/mol. The fourth-order valence-corrected chi connectivity index (χ4v) is 3.03. The molecule has 28 heavy (non-hydrogen) atoms. The molecule has 0 bridgehead atoms. The van der Waals surface area contributed by atoms with Gasteiger partial charge in [0.25, 0.3) is 5.91 Å². The van der Waals surface area contributed by atoms with E-state index in [-0.39, 0.29) is 12.5 Å². The number of nitrogens with zero attached hydrogens (tertiary/aromatic N) is 2. The highest BCUT2D eigenvalue weighted by atomic mass is 35.5. The summed E-state index contributed by atoms with van der Waals surface area (Å²) in [6.07, 6.45) is 0. The molecule has 0 atom stereocenters. The lowest BCUT2D eigenvalue weighted by Crippen LogP contribution is -2.42. The van der Waals surface area contributed by atoms with Crippen LogP contribution < -0.4 is 14.8 Å². The van der Waals surface area contributed by atoms with E-state index < -0.39 is 5.60 Å². The molecule has 0 aliphatic heterocycles. The highest BCUT2D eigenvalue weighted by molar-refractivity contribution is 7.15. The van der Waals surface area contributed by atoms with Gasteiger partial charge < -0.3 is 9.47 Å². The van der Waals surface area contributed by atoms with Crippen LogP contribution in [0.25, 0.3) is 0 Å². The number of amides is 1. The van der Waals surface area contributed by atoms with E-state index in [9.17, 15) is 4.79 Å². The first-order valence-electron chi connectivity index (χ1n) is 8.28. The van der Waals surface area contributed by atoms with Crippen LogP contribution in [0.15, 0.2) is 48.5 Å². The maximum absolute atomic E-state index is 12.6. The topological polar surface area (TPSA) is 73.3 Å². The second-order valence-corrected chi connectivity index (χ2v) is 8.20. The van der Waals surface area contributed by atoms with E-state index in [1.165, 1.54) is 11.3 Å². The second-order valence-electron chi connectivity index (χ2n) is 6.26. The summed E-state index contributed by atoms with van der Waals surface area (Å²) in [6.45, 7) is 3.57. The standard InChI is InChI=1S/C19H17Cl2N3O3S/c1-19(2,27-15-9-5-13(21)6-10-15)17(25)22-18-24-23-16(28-18)11-26-14-7-3-12(20)4-8-14/h3-10H,11H2,1-2H3,(H,22,24,25). The minimum atomic E-state index is -1.11. The molecule has 2 aromatic carbocycles. The van der Waals surface area contributed by atoms with Crippen molar-refractivity contribution in [1.29, 1.82) is 0 Å². The van der Waals surface area contributed by atoms with E-state index in [1.54, 1.807) is 62.4 Å². The molecule has 1 N–H and O–H groups in total. The summed E-state index contributed by atoms with van der Waals surface area (Å²) in [5.41, 5.74) is -1.11. The summed E-state index contributed by atoms with van der Waals surface area (Å²) in [6, 6.07) is 13.8. The lowest BCUT2D eigenvalue weighted by Gasteiger charge is -2.24. The van der Waals surface area contributed by atoms with E-state index in [2.05, 4.69) is 15.5 Å². The Labute approximate surface area is 176 Å². The van der Waals surface area contributed by atoms with Gasteiger partial charge in [0.2, 0.25) is 5.13 Å². The molecule has 146 valence electrons. The fraction of sp³-hybridized carbons (Fsp3) is 0.211. The van der Waals surface area contributed by atoms with E-state index >= 15 is 0 Å². The van der Waals surface area contributed by atoms with Gasteiger partial charge in [0.1, 0.15) is 18.1 Å². The van der Waals surface area contributed by atoms with Crippen LogP contribution in [-0.4, -0.2) is 21.7 Å². The lowest BCUT2D eigenvalue weighted by molar-refractivity contribution is -0.128. The number of hydrogen-bond donors (Lipinski definition) is 1. The lowest BCUT2D eigenvalue weighted by atomic mass is 10.1. The van der Waals surface area contributed by atoms with Crippen molar-refractivity contribution in [3.8, 4) is 11.5 Å². The van der Waals surface area contributed by atoms with E-state index in [0.29, 0.717) is 31.7 Å². The number of nitrogens with one attached hydrogen (secondary N) is 1. The van der Waals surface area contributed by atoms with Crippen LogP contribution in [0.2, 0.25) is 10.0 Å². The normalized spacial score (nSPS) is 11.1. The zero-order valence-electron chi connectivity index (χ0n) is 15.1. The SMILES string of the molecule is CC(C)(Oc1ccc(Cl)cc1)C(=O)Nc1nnc(COc2ccc(Cl)cc2)s1. The van der Waals surface area contributed by atoms with Gasteiger partial charge in [0.05, 0.1) is 0 Å². The smallest absolute Gasteiger partial charge is 0.269 e. The predicted octanol–water partition coefficient (Wildman–Crippen LogP) is 5.22. The van der Waals surface area contributed by atoms with E-state index in [4.69, 9.17) is 32.7 Å². The van der Waals surface area contributed by atoms with Gasteiger partial charge in [-0.3, -0.25) is 10.1 Å². The zero-order chi connectivity index (χ0) is 20.1. The van der Waals surface area contributed by atoms with Crippen LogP contribution in [0.1, 0.15) is 18.9 Å². The molecule has 9 heteroatoms. The number of aromatic nitrogens is 2. The molecule has 6 nitrogen and oxygen atoms in total. The van der Waals surface area contributed by atoms with Crippen LogP contribution in [-0.2, 0) is 11.4 Å². The molecular formula is C19H17Cl2N3O3S. The Morgan fingerprint density at radius 3 is 2.18 bits per heavy atom. The number of ether oxygens (including phenoxy) is 2. The Morgan fingerprint density at radius 2 is 1.57 bits per heavy atom. The molecule has 0 radical (unpaired) electrons. The molecular weight excluding hydrogens is 421 g/mol. The third-order valence-corrected chi connectivity index (χ3v) is 4.91. The highest BCUT2D eigenvalue weighted by Crippen LogP contribution is 2.24. The quantitative estimate of drug-likeness (QED) is 0.548. The number of benzene rings is 2. The Hall–Kier alpha value is -2.35. The largest absolute Gasteiger partial charge is 0.486 e. The molecule has 0 aliphatic rings. The van der Waals surface area contributed by atoms with Gasteiger partial charge in [-0.15, -0.1) is 10.2 Å². The van der Waals surface area contributed by atoms with Crippen molar-refractivity contribution < 1.29 is 14.3 Å². The minimum Gasteiger partial charge on any atom is -0.486 e. The van der Waals surface area contributed by atoms with Crippen molar-refractivity contribution in [3.05, 3.63) is 63.6 Å². The molecule has 0 saturated heterocycles. The van der Waals surface area contributed by atoms with Gasteiger partial charge in [-0.1, -0.05) is 34.5 Å². The molecule has 0 fully saturated rings. The summed E-state index contributed by atoms with van der Waals surface area (Å²) in [5, 5.41) is 12.9. The van der Waals surface area contributed by atoms with Crippen LogP contribution >= 0.6 is 34.5 Å². The summed E-state index contributed by atoms with van der Waals surface area (Å²) >= 11 is 12.9. The number of carbonyl (C=O) groups excluding carboxylic acids is 1. The van der Waals surface area contributed by atoms with Crippen molar-refractivity contribution in [2.24, 2.45) is 0 Å². The highest BCUT2D eigenvalue weighted by Gasteiger charge is 2.31. The van der Waals surface area contributed by atoms with Crippen molar-refractivity contribution >= 4 is 45.6 Å². The Balaban J connectivity index is 1.56. The van der Waals surface area contributed by atoms with Crippen molar-refractivity contribution in [2.75, 3.05) is 5.32 Å². The fourth-order valence-electron chi connectivity index (χ4n) is 2.13. The molecule has 3 rings (SSSR count).